The molecule has 3 heterocycles. The van der Waals surface area contributed by atoms with Gasteiger partial charge in [0.1, 0.15) is 5.03 Å². The first-order chi connectivity index (χ1) is 8.69. The number of ether oxygens (including phenoxy) is 1. The second-order valence-electron chi connectivity index (χ2n) is 4.88. The molecule has 3 atom stereocenters. The van der Waals surface area contributed by atoms with E-state index in [2.05, 4.69) is 10.4 Å². The number of hydrogen-bond acceptors (Lipinski definition) is 4. The minimum absolute atomic E-state index is 0.0337. The molecule has 2 saturated heterocycles. The molecule has 2 aliphatic heterocycles. The Morgan fingerprint density at radius 1 is 1.61 bits per heavy atom. The molecular weight excluding hydrogens is 250 g/mol. The molecule has 98 valence electrons. The number of rotatable bonds is 3. The quantitative estimate of drug-likeness (QED) is 0.836. The number of aryl methyl sites for hydroxylation is 1. The van der Waals surface area contributed by atoms with Gasteiger partial charge in [-0.1, -0.05) is 0 Å². The van der Waals surface area contributed by atoms with Crippen molar-refractivity contribution in [2.75, 3.05) is 6.26 Å². The largest absolute Gasteiger partial charge is 0.373 e. The predicted molar refractivity (Wildman–Crippen MR) is 68.8 cm³/mol. The zero-order valence-corrected chi connectivity index (χ0v) is 11.4. The number of carbonyl (C=O) groups is 1. The summed E-state index contributed by atoms with van der Waals surface area (Å²) in [4.78, 5) is 12.2. The average Bonchev–Trinajstić information content (AvgIpc) is 3.03. The van der Waals surface area contributed by atoms with Crippen molar-refractivity contribution in [1.82, 2.24) is 15.1 Å². The summed E-state index contributed by atoms with van der Waals surface area (Å²) in [5.41, 5.74) is 0.660. The molecular formula is C12H17N3O2S. The monoisotopic (exact) mass is 267 g/mol. The van der Waals surface area contributed by atoms with Gasteiger partial charge in [0.05, 0.1) is 30.0 Å². The predicted octanol–water partition coefficient (Wildman–Crippen LogP) is 1.19. The lowest BCUT2D eigenvalue weighted by Gasteiger charge is -2.19. The number of nitrogens with one attached hydrogen (secondary N) is 1. The SMILES string of the molecule is CSc1c(C(=O)NC2CC3CCC2O3)cnn1C. The highest BCUT2D eigenvalue weighted by Gasteiger charge is 2.41. The fourth-order valence-electron chi connectivity index (χ4n) is 2.86. The first-order valence-electron chi connectivity index (χ1n) is 6.21. The van der Waals surface area contributed by atoms with E-state index in [0.717, 1.165) is 24.3 Å². The Balaban J connectivity index is 1.71. The van der Waals surface area contributed by atoms with Gasteiger partial charge >= 0.3 is 0 Å². The van der Waals surface area contributed by atoms with Crippen LogP contribution in [0.3, 0.4) is 0 Å². The zero-order valence-electron chi connectivity index (χ0n) is 10.5. The maximum Gasteiger partial charge on any atom is 0.255 e. The summed E-state index contributed by atoms with van der Waals surface area (Å²) in [5, 5.41) is 8.12. The van der Waals surface area contributed by atoms with Crippen molar-refractivity contribution in [1.29, 1.82) is 0 Å². The van der Waals surface area contributed by atoms with E-state index in [0.29, 0.717) is 11.7 Å². The van der Waals surface area contributed by atoms with E-state index in [1.165, 1.54) is 11.8 Å². The van der Waals surface area contributed by atoms with Gasteiger partial charge in [0.15, 0.2) is 0 Å². The summed E-state index contributed by atoms with van der Waals surface area (Å²) in [5.74, 6) is -0.0337. The Morgan fingerprint density at radius 3 is 3.06 bits per heavy atom. The molecule has 1 amide bonds. The molecule has 5 nitrogen and oxygen atoms in total. The van der Waals surface area contributed by atoms with E-state index in [-0.39, 0.29) is 18.1 Å². The molecule has 2 fully saturated rings. The Labute approximate surface area is 110 Å². The van der Waals surface area contributed by atoms with Crippen molar-refractivity contribution >= 4 is 17.7 Å². The van der Waals surface area contributed by atoms with Crippen LogP contribution in [0.5, 0.6) is 0 Å². The molecule has 0 saturated carbocycles. The molecule has 18 heavy (non-hydrogen) atoms. The second kappa shape index (κ2) is 4.59. The van der Waals surface area contributed by atoms with Gasteiger partial charge in [-0.05, 0) is 25.5 Å². The van der Waals surface area contributed by atoms with E-state index in [1.807, 2.05) is 13.3 Å². The van der Waals surface area contributed by atoms with Crippen molar-refractivity contribution in [2.24, 2.45) is 7.05 Å². The first kappa shape index (κ1) is 12.0. The van der Waals surface area contributed by atoms with Crippen molar-refractivity contribution in [3.8, 4) is 0 Å². The van der Waals surface area contributed by atoms with Crippen LogP contribution in [0.1, 0.15) is 29.6 Å². The van der Waals surface area contributed by atoms with Crippen LogP contribution in [-0.2, 0) is 11.8 Å². The number of hydrogen-bond donors (Lipinski definition) is 1. The summed E-state index contributed by atoms with van der Waals surface area (Å²) in [6.07, 6.45) is 7.31. The Bertz CT molecular complexity index is 474. The number of nitrogens with zero attached hydrogens (tertiary/aromatic N) is 2. The average molecular weight is 267 g/mol. The molecule has 1 N–H and O–H groups in total. The molecule has 0 aromatic carbocycles. The molecule has 3 rings (SSSR count). The van der Waals surface area contributed by atoms with Gasteiger partial charge in [-0.2, -0.15) is 5.10 Å². The molecule has 0 radical (unpaired) electrons. The number of amides is 1. The van der Waals surface area contributed by atoms with E-state index in [9.17, 15) is 4.79 Å². The molecule has 2 bridgehead atoms. The topological polar surface area (TPSA) is 56.1 Å². The van der Waals surface area contributed by atoms with Crippen LogP contribution in [0.15, 0.2) is 11.2 Å². The maximum absolute atomic E-state index is 12.2. The van der Waals surface area contributed by atoms with Crippen molar-refractivity contribution < 1.29 is 9.53 Å². The van der Waals surface area contributed by atoms with E-state index < -0.39 is 0 Å². The van der Waals surface area contributed by atoms with Gasteiger partial charge in [-0.15, -0.1) is 11.8 Å². The number of carbonyl (C=O) groups excluding carboxylic acids is 1. The third-order valence-corrected chi connectivity index (χ3v) is 4.62. The van der Waals surface area contributed by atoms with Gasteiger partial charge in [-0.25, -0.2) is 0 Å². The lowest BCUT2D eigenvalue weighted by atomic mass is 9.95. The highest BCUT2D eigenvalue weighted by molar-refractivity contribution is 7.98. The van der Waals surface area contributed by atoms with E-state index in [4.69, 9.17) is 4.74 Å². The van der Waals surface area contributed by atoms with Gasteiger partial charge < -0.3 is 10.1 Å². The summed E-state index contributed by atoms with van der Waals surface area (Å²) >= 11 is 1.54. The first-order valence-corrected chi connectivity index (χ1v) is 7.44. The zero-order chi connectivity index (χ0) is 12.7. The molecule has 3 unspecified atom stereocenters. The van der Waals surface area contributed by atoms with Crippen LogP contribution in [0.25, 0.3) is 0 Å². The minimum Gasteiger partial charge on any atom is -0.373 e. The molecule has 2 aliphatic rings. The maximum atomic E-state index is 12.2. The van der Waals surface area contributed by atoms with Crippen LogP contribution in [0, 0.1) is 0 Å². The highest BCUT2D eigenvalue weighted by Crippen LogP contribution is 2.34. The van der Waals surface area contributed by atoms with Gasteiger partial charge in [-0.3, -0.25) is 9.48 Å². The van der Waals surface area contributed by atoms with Crippen molar-refractivity contribution in [2.45, 2.75) is 42.5 Å². The molecule has 1 aromatic heterocycles. The summed E-state index contributed by atoms with van der Waals surface area (Å²) in [6.45, 7) is 0. The third-order valence-electron chi connectivity index (χ3n) is 3.74. The Kier molecular flexibility index (Phi) is 3.07. The minimum atomic E-state index is -0.0337. The smallest absolute Gasteiger partial charge is 0.255 e. The summed E-state index contributed by atoms with van der Waals surface area (Å²) < 4.78 is 7.48. The lowest BCUT2D eigenvalue weighted by Crippen LogP contribution is -2.41. The molecule has 0 spiro atoms. The van der Waals surface area contributed by atoms with Gasteiger partial charge in [0.25, 0.3) is 5.91 Å². The normalized spacial score (nSPS) is 29.8. The molecule has 1 aromatic rings. The fourth-order valence-corrected chi connectivity index (χ4v) is 3.54. The fraction of sp³-hybridized carbons (Fsp3) is 0.667. The van der Waals surface area contributed by atoms with Crippen LogP contribution in [0.4, 0.5) is 0 Å². The van der Waals surface area contributed by atoms with Crippen molar-refractivity contribution in [3.63, 3.8) is 0 Å². The number of fused-ring (bicyclic) bond motifs is 2. The van der Waals surface area contributed by atoms with Crippen molar-refractivity contribution in [3.05, 3.63) is 11.8 Å². The highest BCUT2D eigenvalue weighted by atomic mass is 32.2. The van der Waals surface area contributed by atoms with Gasteiger partial charge in [0, 0.05) is 7.05 Å². The Morgan fingerprint density at radius 2 is 2.44 bits per heavy atom. The van der Waals surface area contributed by atoms with Crippen LogP contribution in [0.2, 0.25) is 0 Å². The number of thioether (sulfide) groups is 1. The summed E-state index contributed by atoms with van der Waals surface area (Å²) in [6, 6.07) is 0.172. The number of aromatic nitrogens is 2. The van der Waals surface area contributed by atoms with Crippen LogP contribution >= 0.6 is 11.8 Å². The second-order valence-corrected chi connectivity index (χ2v) is 5.68. The lowest BCUT2D eigenvalue weighted by molar-refractivity contribution is 0.0838. The van der Waals surface area contributed by atoms with Crippen LogP contribution < -0.4 is 5.32 Å². The van der Waals surface area contributed by atoms with Gasteiger partial charge in [0.2, 0.25) is 0 Å². The molecule has 6 heteroatoms. The summed E-state index contributed by atoms with van der Waals surface area (Å²) in [7, 11) is 1.85. The van der Waals surface area contributed by atoms with E-state index >= 15 is 0 Å². The molecule has 0 aliphatic carbocycles. The Hall–Kier alpha value is -1.01. The van der Waals surface area contributed by atoms with Crippen LogP contribution in [-0.4, -0.2) is 40.2 Å². The standard InChI is InChI=1S/C12H17N3O2S/c1-15-12(18-2)8(6-13-15)11(16)14-9-5-7-3-4-10(9)17-7/h6-7,9-10H,3-5H2,1-2H3,(H,14,16). The van der Waals surface area contributed by atoms with E-state index in [1.54, 1.807) is 10.9 Å². The third kappa shape index (κ3) is 1.93.